The number of halogens is 1. The van der Waals surface area contributed by atoms with Gasteiger partial charge in [-0.25, -0.2) is 13.1 Å². The molecule has 0 saturated carbocycles. The minimum absolute atomic E-state index is 0.00792. The first-order valence-electron chi connectivity index (χ1n) is 6.90. The number of benzene rings is 1. The van der Waals surface area contributed by atoms with Crippen molar-refractivity contribution in [2.75, 3.05) is 19.8 Å². The van der Waals surface area contributed by atoms with Crippen LogP contribution in [-0.4, -0.2) is 34.1 Å². The third-order valence-electron chi connectivity index (χ3n) is 3.95. The van der Waals surface area contributed by atoms with Crippen LogP contribution in [0.1, 0.15) is 18.4 Å². The van der Waals surface area contributed by atoms with Crippen LogP contribution in [0.15, 0.2) is 23.1 Å². The quantitative estimate of drug-likeness (QED) is 0.837. The third kappa shape index (κ3) is 3.60. The molecule has 8 heteroatoms. The van der Waals surface area contributed by atoms with E-state index in [9.17, 15) is 13.2 Å². The van der Waals surface area contributed by atoms with Crippen molar-refractivity contribution in [3.05, 3.63) is 28.8 Å². The SMILES string of the molecule is Cc1ccc(S(=O)(=O)NCC2(C(N)=O)CCOCC2)c(Cl)c1. The second kappa shape index (κ2) is 6.54. The number of carbonyl (C=O) groups excluding carboxylic acids is 1. The minimum atomic E-state index is -3.81. The predicted molar refractivity (Wildman–Crippen MR) is 83.1 cm³/mol. The summed E-state index contributed by atoms with van der Waals surface area (Å²) in [5, 5.41) is 0.146. The first-order valence-corrected chi connectivity index (χ1v) is 8.76. The highest BCUT2D eigenvalue weighted by atomic mass is 35.5. The zero-order valence-electron chi connectivity index (χ0n) is 12.3. The smallest absolute Gasteiger partial charge is 0.242 e. The maximum absolute atomic E-state index is 12.4. The minimum Gasteiger partial charge on any atom is -0.381 e. The van der Waals surface area contributed by atoms with E-state index in [2.05, 4.69) is 4.72 Å². The molecule has 3 N–H and O–H groups in total. The van der Waals surface area contributed by atoms with E-state index in [1.54, 1.807) is 12.1 Å². The first-order chi connectivity index (χ1) is 10.3. The Morgan fingerprint density at radius 2 is 2.05 bits per heavy atom. The van der Waals surface area contributed by atoms with E-state index in [0.29, 0.717) is 26.1 Å². The van der Waals surface area contributed by atoms with Crippen molar-refractivity contribution in [1.82, 2.24) is 4.72 Å². The fourth-order valence-corrected chi connectivity index (χ4v) is 4.13. The van der Waals surface area contributed by atoms with Crippen LogP contribution in [0.3, 0.4) is 0 Å². The van der Waals surface area contributed by atoms with Gasteiger partial charge in [-0.2, -0.15) is 0 Å². The van der Waals surface area contributed by atoms with Crippen molar-refractivity contribution in [3.63, 3.8) is 0 Å². The average Bonchev–Trinajstić information content (AvgIpc) is 2.45. The van der Waals surface area contributed by atoms with Gasteiger partial charge in [0.15, 0.2) is 0 Å². The number of hydrogen-bond donors (Lipinski definition) is 2. The Kier molecular flexibility index (Phi) is 5.11. The van der Waals surface area contributed by atoms with E-state index in [0.717, 1.165) is 5.56 Å². The van der Waals surface area contributed by atoms with Crippen molar-refractivity contribution < 1.29 is 17.9 Å². The number of sulfonamides is 1. The summed E-state index contributed by atoms with van der Waals surface area (Å²) < 4.78 is 32.5. The number of ether oxygens (including phenoxy) is 1. The molecule has 1 amide bonds. The van der Waals surface area contributed by atoms with Gasteiger partial charge >= 0.3 is 0 Å². The topological polar surface area (TPSA) is 98.5 Å². The first kappa shape index (κ1) is 17.2. The van der Waals surface area contributed by atoms with Crippen LogP contribution in [0, 0.1) is 12.3 Å². The number of amides is 1. The van der Waals surface area contributed by atoms with Crippen LogP contribution in [0.2, 0.25) is 5.02 Å². The molecule has 1 aliphatic heterocycles. The van der Waals surface area contributed by atoms with Crippen LogP contribution in [-0.2, 0) is 19.6 Å². The zero-order valence-corrected chi connectivity index (χ0v) is 13.8. The number of nitrogens with two attached hydrogens (primary N) is 1. The Morgan fingerprint density at radius 3 is 2.59 bits per heavy atom. The molecule has 1 aliphatic rings. The van der Waals surface area contributed by atoms with Crippen molar-refractivity contribution in [2.45, 2.75) is 24.7 Å². The highest BCUT2D eigenvalue weighted by Crippen LogP contribution is 2.30. The van der Waals surface area contributed by atoms with E-state index in [4.69, 9.17) is 22.1 Å². The van der Waals surface area contributed by atoms with Crippen molar-refractivity contribution >= 4 is 27.5 Å². The summed E-state index contributed by atoms with van der Waals surface area (Å²) in [6.45, 7) is 2.53. The molecule has 2 rings (SSSR count). The maximum atomic E-state index is 12.4. The van der Waals surface area contributed by atoms with Gasteiger partial charge in [0, 0.05) is 19.8 Å². The fraction of sp³-hybridized carbons (Fsp3) is 0.500. The van der Waals surface area contributed by atoms with Gasteiger partial charge in [0.05, 0.1) is 10.4 Å². The van der Waals surface area contributed by atoms with E-state index < -0.39 is 21.3 Å². The zero-order chi connectivity index (χ0) is 16.4. The molecule has 0 bridgehead atoms. The van der Waals surface area contributed by atoms with Crippen molar-refractivity contribution in [2.24, 2.45) is 11.1 Å². The van der Waals surface area contributed by atoms with Crippen molar-refractivity contribution in [3.8, 4) is 0 Å². The highest BCUT2D eigenvalue weighted by Gasteiger charge is 2.39. The van der Waals surface area contributed by atoms with Gasteiger partial charge < -0.3 is 10.5 Å². The summed E-state index contributed by atoms with van der Waals surface area (Å²) in [4.78, 5) is 11.7. The lowest BCUT2D eigenvalue weighted by molar-refractivity contribution is -0.132. The van der Waals surface area contributed by atoms with Gasteiger partial charge in [0.1, 0.15) is 4.90 Å². The highest BCUT2D eigenvalue weighted by molar-refractivity contribution is 7.89. The number of aryl methyl sites for hydroxylation is 1. The van der Waals surface area contributed by atoms with E-state index in [-0.39, 0.29) is 16.5 Å². The van der Waals surface area contributed by atoms with E-state index in [1.807, 2.05) is 6.92 Å². The van der Waals surface area contributed by atoms with Crippen LogP contribution in [0.4, 0.5) is 0 Å². The summed E-state index contributed by atoms with van der Waals surface area (Å²) >= 11 is 6.00. The summed E-state index contributed by atoms with van der Waals surface area (Å²) in [6, 6.07) is 4.69. The number of primary amides is 1. The largest absolute Gasteiger partial charge is 0.381 e. The fourth-order valence-electron chi connectivity index (χ4n) is 2.41. The molecule has 0 spiro atoms. The molecular weight excluding hydrogens is 328 g/mol. The Hall–Kier alpha value is -1.15. The summed E-state index contributed by atoms with van der Waals surface area (Å²) in [5.41, 5.74) is 5.41. The molecule has 0 aliphatic carbocycles. The molecule has 1 heterocycles. The van der Waals surface area contributed by atoms with Gasteiger partial charge in [0.25, 0.3) is 0 Å². The third-order valence-corrected chi connectivity index (χ3v) is 5.83. The summed E-state index contributed by atoms with van der Waals surface area (Å²) in [5.74, 6) is -0.520. The van der Waals surface area contributed by atoms with Crippen LogP contribution >= 0.6 is 11.6 Å². The molecule has 1 fully saturated rings. The molecule has 0 atom stereocenters. The Balaban J connectivity index is 2.19. The Morgan fingerprint density at radius 1 is 1.41 bits per heavy atom. The number of carbonyl (C=O) groups is 1. The van der Waals surface area contributed by atoms with Gasteiger partial charge in [-0.05, 0) is 37.5 Å². The van der Waals surface area contributed by atoms with E-state index >= 15 is 0 Å². The van der Waals surface area contributed by atoms with Gasteiger partial charge in [-0.1, -0.05) is 17.7 Å². The van der Waals surface area contributed by atoms with Crippen LogP contribution in [0.5, 0.6) is 0 Å². The van der Waals surface area contributed by atoms with Gasteiger partial charge in [0.2, 0.25) is 15.9 Å². The lowest BCUT2D eigenvalue weighted by Crippen LogP contribution is -2.49. The van der Waals surface area contributed by atoms with Crippen LogP contribution in [0.25, 0.3) is 0 Å². The molecule has 22 heavy (non-hydrogen) atoms. The number of nitrogens with one attached hydrogen (secondary N) is 1. The molecule has 0 unspecified atom stereocenters. The molecule has 1 aromatic carbocycles. The second-order valence-corrected chi connectivity index (χ2v) is 7.66. The normalized spacial score (nSPS) is 18.1. The summed E-state index contributed by atoms with van der Waals surface area (Å²) in [7, 11) is -3.81. The molecule has 0 radical (unpaired) electrons. The molecule has 1 aromatic rings. The summed E-state index contributed by atoms with van der Waals surface area (Å²) in [6.07, 6.45) is 0.791. The molecule has 1 saturated heterocycles. The van der Waals surface area contributed by atoms with Gasteiger partial charge in [-0.3, -0.25) is 4.79 Å². The van der Waals surface area contributed by atoms with Gasteiger partial charge in [-0.15, -0.1) is 0 Å². The Bertz CT molecular complexity index is 669. The Labute approximate surface area is 135 Å². The van der Waals surface area contributed by atoms with Crippen LogP contribution < -0.4 is 10.5 Å². The molecule has 122 valence electrons. The lowest BCUT2D eigenvalue weighted by Gasteiger charge is -2.34. The molecule has 0 aromatic heterocycles. The number of hydrogen-bond acceptors (Lipinski definition) is 4. The second-order valence-electron chi connectivity index (χ2n) is 5.52. The number of rotatable bonds is 5. The lowest BCUT2D eigenvalue weighted by atomic mass is 9.80. The van der Waals surface area contributed by atoms with Crippen molar-refractivity contribution in [1.29, 1.82) is 0 Å². The molecular formula is C14H19ClN2O4S. The van der Waals surface area contributed by atoms with E-state index in [1.165, 1.54) is 6.07 Å². The standard InChI is InChI=1S/C14H19ClN2O4S/c1-10-2-3-12(11(15)8-10)22(19,20)17-9-14(13(16)18)4-6-21-7-5-14/h2-3,8,17H,4-7,9H2,1H3,(H2,16,18). The maximum Gasteiger partial charge on any atom is 0.242 e. The molecule has 6 nitrogen and oxygen atoms in total. The monoisotopic (exact) mass is 346 g/mol. The predicted octanol–water partition coefficient (Wildman–Crippen LogP) is 1.21. The average molecular weight is 347 g/mol.